The molecule has 7 heteroatoms. The molecule has 0 aliphatic rings. The van der Waals surface area contributed by atoms with Crippen molar-refractivity contribution in [2.24, 2.45) is 0 Å². The SMILES string of the molecule is CCc1ccc(CC(=O)N(Cc2cccnc2)c2nc3c(F)cc(F)cc3s2)cc1. The summed E-state index contributed by atoms with van der Waals surface area (Å²) < 4.78 is 28.1. The first-order valence-electron chi connectivity index (χ1n) is 9.56. The third kappa shape index (κ3) is 4.36. The normalized spacial score (nSPS) is 11.0. The molecule has 0 saturated heterocycles. The average molecular weight is 423 g/mol. The lowest BCUT2D eigenvalue weighted by molar-refractivity contribution is -0.118. The van der Waals surface area contributed by atoms with Crippen LogP contribution in [0.1, 0.15) is 23.6 Å². The van der Waals surface area contributed by atoms with Crippen LogP contribution >= 0.6 is 11.3 Å². The predicted octanol–water partition coefficient (Wildman–Crippen LogP) is 5.31. The second kappa shape index (κ2) is 8.67. The smallest absolute Gasteiger partial charge is 0.233 e. The summed E-state index contributed by atoms with van der Waals surface area (Å²) in [5.74, 6) is -1.59. The highest BCUT2D eigenvalue weighted by Crippen LogP contribution is 2.32. The summed E-state index contributed by atoms with van der Waals surface area (Å²) in [7, 11) is 0. The van der Waals surface area contributed by atoms with Crippen LogP contribution in [0.15, 0.2) is 60.9 Å². The molecule has 0 fully saturated rings. The topological polar surface area (TPSA) is 46.1 Å². The molecule has 4 nitrogen and oxygen atoms in total. The Morgan fingerprint density at radius 3 is 2.53 bits per heavy atom. The van der Waals surface area contributed by atoms with Crippen molar-refractivity contribution in [3.8, 4) is 0 Å². The Hall–Kier alpha value is -3.19. The first-order valence-corrected chi connectivity index (χ1v) is 10.4. The van der Waals surface area contributed by atoms with Crippen molar-refractivity contribution in [1.29, 1.82) is 0 Å². The minimum atomic E-state index is -0.739. The number of hydrogen-bond acceptors (Lipinski definition) is 4. The number of carbonyl (C=O) groups is 1. The Morgan fingerprint density at radius 1 is 1.07 bits per heavy atom. The van der Waals surface area contributed by atoms with Gasteiger partial charge < -0.3 is 0 Å². The Balaban J connectivity index is 1.68. The number of amides is 1. The maximum absolute atomic E-state index is 14.2. The standard InChI is InChI=1S/C23H19F2N3OS/c1-2-15-5-7-16(8-6-15)10-21(29)28(14-17-4-3-9-26-13-17)23-27-22-19(25)11-18(24)12-20(22)30-23/h3-9,11-13H,2,10,14H2,1H3. The minimum absolute atomic E-state index is 0.0627. The van der Waals surface area contributed by atoms with Gasteiger partial charge in [0.15, 0.2) is 10.9 Å². The summed E-state index contributed by atoms with van der Waals surface area (Å²) in [5, 5.41) is 0.327. The first-order chi connectivity index (χ1) is 14.5. The molecule has 30 heavy (non-hydrogen) atoms. The van der Waals surface area contributed by atoms with Crippen LogP contribution in [0.3, 0.4) is 0 Å². The molecule has 4 rings (SSSR count). The zero-order valence-corrected chi connectivity index (χ0v) is 17.1. The monoisotopic (exact) mass is 423 g/mol. The van der Waals surface area contributed by atoms with E-state index in [4.69, 9.17) is 0 Å². The second-order valence-electron chi connectivity index (χ2n) is 6.92. The number of pyridine rings is 1. The van der Waals surface area contributed by atoms with Crippen LogP contribution in [0.4, 0.5) is 13.9 Å². The van der Waals surface area contributed by atoms with Gasteiger partial charge in [-0.25, -0.2) is 13.8 Å². The molecule has 2 aromatic carbocycles. The van der Waals surface area contributed by atoms with Gasteiger partial charge in [0.1, 0.15) is 11.3 Å². The predicted molar refractivity (Wildman–Crippen MR) is 114 cm³/mol. The molecule has 0 spiro atoms. The van der Waals surface area contributed by atoms with Gasteiger partial charge in [-0.05, 0) is 35.2 Å². The van der Waals surface area contributed by atoms with E-state index in [1.54, 1.807) is 18.5 Å². The number of benzene rings is 2. The Labute approximate surface area is 176 Å². The number of anilines is 1. The summed E-state index contributed by atoms with van der Waals surface area (Å²) >= 11 is 1.09. The molecule has 0 atom stereocenters. The van der Waals surface area contributed by atoms with Gasteiger partial charge >= 0.3 is 0 Å². The van der Waals surface area contributed by atoms with Crippen molar-refractivity contribution in [2.75, 3.05) is 4.90 Å². The summed E-state index contributed by atoms with van der Waals surface area (Å²) in [6, 6.07) is 13.6. The van der Waals surface area contributed by atoms with Crippen molar-refractivity contribution in [1.82, 2.24) is 9.97 Å². The van der Waals surface area contributed by atoms with E-state index in [0.717, 1.165) is 35.0 Å². The fraction of sp³-hybridized carbons (Fsp3) is 0.174. The number of rotatable bonds is 6. The first kappa shape index (κ1) is 20.1. The number of carbonyl (C=O) groups excluding carboxylic acids is 1. The number of thiazole rings is 1. The number of fused-ring (bicyclic) bond motifs is 1. The number of halogens is 2. The molecular formula is C23H19F2N3OS. The van der Waals surface area contributed by atoms with Gasteiger partial charge in [0.2, 0.25) is 5.91 Å². The molecule has 0 bridgehead atoms. The zero-order chi connectivity index (χ0) is 21.1. The van der Waals surface area contributed by atoms with Crippen molar-refractivity contribution in [3.05, 3.63) is 89.2 Å². The largest absolute Gasteiger partial charge is 0.283 e. The van der Waals surface area contributed by atoms with E-state index in [9.17, 15) is 13.6 Å². The molecule has 0 aliphatic heterocycles. The molecule has 1 amide bonds. The zero-order valence-electron chi connectivity index (χ0n) is 16.3. The average Bonchev–Trinajstić information content (AvgIpc) is 3.17. The third-order valence-corrected chi connectivity index (χ3v) is 5.81. The lowest BCUT2D eigenvalue weighted by Crippen LogP contribution is -2.31. The summed E-state index contributed by atoms with van der Waals surface area (Å²) in [4.78, 5) is 23.1. The molecule has 0 N–H and O–H groups in total. The quantitative estimate of drug-likeness (QED) is 0.422. The van der Waals surface area contributed by atoms with Crippen LogP contribution < -0.4 is 4.90 Å². The maximum Gasteiger partial charge on any atom is 0.233 e. The van der Waals surface area contributed by atoms with Crippen LogP contribution in [0.25, 0.3) is 10.2 Å². The van der Waals surface area contributed by atoms with Gasteiger partial charge in [0, 0.05) is 18.5 Å². The number of hydrogen-bond donors (Lipinski definition) is 0. The van der Waals surface area contributed by atoms with Crippen molar-refractivity contribution < 1.29 is 13.6 Å². The molecule has 4 aromatic rings. The summed E-state index contributed by atoms with van der Waals surface area (Å²) in [6.07, 6.45) is 4.43. The van der Waals surface area contributed by atoms with E-state index in [1.165, 1.54) is 16.5 Å². The van der Waals surface area contributed by atoms with E-state index < -0.39 is 11.6 Å². The van der Waals surface area contributed by atoms with E-state index >= 15 is 0 Å². The number of nitrogens with zero attached hydrogens (tertiary/aromatic N) is 3. The molecular weight excluding hydrogens is 404 g/mol. The van der Waals surface area contributed by atoms with Crippen molar-refractivity contribution >= 4 is 32.6 Å². The van der Waals surface area contributed by atoms with Gasteiger partial charge in [-0.3, -0.25) is 14.7 Å². The van der Waals surface area contributed by atoms with Gasteiger partial charge in [-0.15, -0.1) is 0 Å². The van der Waals surface area contributed by atoms with E-state index in [1.807, 2.05) is 30.3 Å². The van der Waals surface area contributed by atoms with Crippen molar-refractivity contribution in [2.45, 2.75) is 26.3 Å². The second-order valence-corrected chi connectivity index (χ2v) is 7.93. The molecule has 2 heterocycles. The van der Waals surface area contributed by atoms with Gasteiger partial charge in [0.25, 0.3) is 0 Å². The van der Waals surface area contributed by atoms with Gasteiger partial charge in [-0.2, -0.15) is 0 Å². The molecule has 152 valence electrons. The van der Waals surface area contributed by atoms with E-state index in [2.05, 4.69) is 16.9 Å². The number of aryl methyl sites for hydroxylation is 1. The van der Waals surface area contributed by atoms with Crippen LogP contribution in [0.5, 0.6) is 0 Å². The van der Waals surface area contributed by atoms with Crippen molar-refractivity contribution in [3.63, 3.8) is 0 Å². The van der Waals surface area contributed by atoms with E-state index in [0.29, 0.717) is 9.83 Å². The minimum Gasteiger partial charge on any atom is -0.283 e. The maximum atomic E-state index is 14.2. The van der Waals surface area contributed by atoms with E-state index in [-0.39, 0.29) is 24.4 Å². The third-order valence-electron chi connectivity index (χ3n) is 4.78. The summed E-state index contributed by atoms with van der Waals surface area (Å²) in [5.41, 5.74) is 2.96. The van der Waals surface area contributed by atoms with Crippen LogP contribution in [-0.2, 0) is 24.2 Å². The molecule has 0 saturated carbocycles. The van der Waals surface area contributed by atoms with Gasteiger partial charge in [0.05, 0.1) is 17.7 Å². The fourth-order valence-electron chi connectivity index (χ4n) is 3.16. The van der Waals surface area contributed by atoms with Gasteiger partial charge in [-0.1, -0.05) is 48.6 Å². The molecule has 0 aliphatic carbocycles. The van der Waals surface area contributed by atoms with Crippen LogP contribution in [0, 0.1) is 11.6 Å². The molecule has 0 radical (unpaired) electrons. The Kier molecular flexibility index (Phi) is 5.81. The highest BCUT2D eigenvalue weighted by molar-refractivity contribution is 7.22. The highest BCUT2D eigenvalue weighted by atomic mass is 32.1. The molecule has 2 aromatic heterocycles. The van der Waals surface area contributed by atoms with Crippen LogP contribution in [-0.4, -0.2) is 15.9 Å². The molecule has 0 unspecified atom stereocenters. The lowest BCUT2D eigenvalue weighted by atomic mass is 10.1. The highest BCUT2D eigenvalue weighted by Gasteiger charge is 2.22. The summed E-state index contributed by atoms with van der Waals surface area (Å²) in [6.45, 7) is 2.31. The van der Waals surface area contributed by atoms with Crippen LogP contribution in [0.2, 0.25) is 0 Å². The number of aromatic nitrogens is 2. The Morgan fingerprint density at radius 2 is 1.83 bits per heavy atom. The fourth-order valence-corrected chi connectivity index (χ4v) is 4.18. The Bertz CT molecular complexity index is 1180. The lowest BCUT2D eigenvalue weighted by Gasteiger charge is -2.20.